The van der Waals surface area contributed by atoms with E-state index in [4.69, 9.17) is 16.2 Å². The standard InChI is InChI=1S/C22H26FN5O3/c1-10-7-13-16(19(25)30)18(24)28(17-11(2)14(23)8-15(29)12(17)3)20(13)27-21(10)31-9-22(26-4)5-6-22/h7-8,26,29H,5-6,9,24H2,1-4H3,(H2,25,30). The van der Waals surface area contributed by atoms with Crippen LogP contribution in [-0.2, 0) is 0 Å². The minimum atomic E-state index is -0.723. The lowest BCUT2D eigenvalue weighted by Crippen LogP contribution is -2.34. The van der Waals surface area contributed by atoms with Crippen LogP contribution < -0.4 is 21.5 Å². The Balaban J connectivity index is 1.98. The van der Waals surface area contributed by atoms with E-state index in [9.17, 15) is 14.3 Å². The normalized spacial score (nSPS) is 14.7. The number of ether oxygens (including phenoxy) is 1. The van der Waals surface area contributed by atoms with Crippen molar-refractivity contribution in [1.29, 1.82) is 0 Å². The van der Waals surface area contributed by atoms with Crippen LogP contribution in [0, 0.1) is 26.6 Å². The Kier molecular flexibility index (Phi) is 4.81. The van der Waals surface area contributed by atoms with Crippen LogP contribution in [0.25, 0.3) is 16.7 Å². The number of halogens is 1. The van der Waals surface area contributed by atoms with Gasteiger partial charge in [0, 0.05) is 28.1 Å². The first-order valence-electron chi connectivity index (χ1n) is 10.0. The molecular formula is C22H26FN5O3. The summed E-state index contributed by atoms with van der Waals surface area (Å²) in [7, 11) is 1.90. The van der Waals surface area contributed by atoms with Gasteiger partial charge in [-0.25, -0.2) is 4.39 Å². The summed E-state index contributed by atoms with van der Waals surface area (Å²) in [6.07, 6.45) is 2.03. The molecular weight excluding hydrogens is 401 g/mol. The Bertz CT molecular complexity index is 1200. The smallest absolute Gasteiger partial charge is 0.253 e. The predicted molar refractivity (Wildman–Crippen MR) is 116 cm³/mol. The number of hydrogen-bond acceptors (Lipinski definition) is 6. The molecule has 0 aliphatic heterocycles. The number of phenolic OH excluding ortho intramolecular Hbond substituents is 1. The number of carbonyl (C=O) groups is 1. The number of amides is 1. The van der Waals surface area contributed by atoms with E-state index in [2.05, 4.69) is 10.3 Å². The van der Waals surface area contributed by atoms with E-state index in [1.54, 1.807) is 19.9 Å². The number of rotatable bonds is 6. The summed E-state index contributed by atoms with van der Waals surface area (Å²) in [4.78, 5) is 16.9. The zero-order valence-corrected chi connectivity index (χ0v) is 18.0. The molecule has 1 saturated carbocycles. The minimum Gasteiger partial charge on any atom is -0.507 e. The summed E-state index contributed by atoms with van der Waals surface area (Å²) >= 11 is 0. The lowest BCUT2D eigenvalue weighted by Gasteiger charge is -2.18. The minimum absolute atomic E-state index is 0.0247. The summed E-state index contributed by atoms with van der Waals surface area (Å²) in [5.74, 6) is -1.14. The average molecular weight is 427 g/mol. The van der Waals surface area contributed by atoms with Crippen molar-refractivity contribution in [2.75, 3.05) is 19.4 Å². The lowest BCUT2D eigenvalue weighted by molar-refractivity contribution is 0.100. The molecule has 0 radical (unpaired) electrons. The molecule has 0 bridgehead atoms. The highest BCUT2D eigenvalue weighted by atomic mass is 19.1. The van der Waals surface area contributed by atoms with Crippen molar-refractivity contribution in [3.8, 4) is 17.3 Å². The van der Waals surface area contributed by atoms with Gasteiger partial charge >= 0.3 is 0 Å². The van der Waals surface area contributed by atoms with E-state index >= 15 is 0 Å². The van der Waals surface area contributed by atoms with Crippen molar-refractivity contribution >= 4 is 22.8 Å². The van der Waals surface area contributed by atoms with Crippen LogP contribution in [0.5, 0.6) is 11.6 Å². The summed E-state index contributed by atoms with van der Waals surface area (Å²) in [5.41, 5.74) is 14.0. The fourth-order valence-corrected chi connectivity index (χ4v) is 3.95. The number of aryl methyl sites for hydroxylation is 1. The van der Waals surface area contributed by atoms with Gasteiger partial charge in [0.25, 0.3) is 5.91 Å². The fourth-order valence-electron chi connectivity index (χ4n) is 3.95. The molecule has 8 nitrogen and oxygen atoms in total. The fraction of sp³-hybridized carbons (Fsp3) is 0.364. The van der Waals surface area contributed by atoms with Gasteiger partial charge in [-0.3, -0.25) is 9.36 Å². The third-order valence-electron chi connectivity index (χ3n) is 6.18. The molecule has 0 unspecified atom stereocenters. The van der Waals surface area contributed by atoms with E-state index < -0.39 is 11.7 Å². The summed E-state index contributed by atoms with van der Waals surface area (Å²) in [6.45, 7) is 5.48. The molecule has 0 spiro atoms. The van der Waals surface area contributed by atoms with Gasteiger partial charge in [-0.1, -0.05) is 0 Å². The van der Waals surface area contributed by atoms with Crippen molar-refractivity contribution in [2.45, 2.75) is 39.2 Å². The number of nitrogens with two attached hydrogens (primary N) is 2. The number of primary amides is 1. The second kappa shape index (κ2) is 7.12. The predicted octanol–water partition coefficient (Wildman–Crippen LogP) is 2.61. The molecule has 0 saturated heterocycles. The SMILES string of the molecule is CNC1(COc2nc3c(cc2C)c(C(N)=O)c(N)n3-c2c(C)c(O)cc(F)c2C)CC1. The van der Waals surface area contributed by atoms with Gasteiger partial charge in [0.15, 0.2) is 5.65 Å². The van der Waals surface area contributed by atoms with Crippen LogP contribution in [0.4, 0.5) is 10.2 Å². The number of phenols is 1. The van der Waals surface area contributed by atoms with Gasteiger partial charge in [-0.15, -0.1) is 0 Å². The molecule has 2 heterocycles. The van der Waals surface area contributed by atoms with Gasteiger partial charge in [-0.05, 0) is 46.7 Å². The molecule has 6 N–H and O–H groups in total. The Hall–Kier alpha value is -3.33. The van der Waals surface area contributed by atoms with Gasteiger partial charge in [0.2, 0.25) is 5.88 Å². The molecule has 3 aromatic rings. The number of likely N-dealkylation sites (N-methyl/N-ethyl adjacent to an activating group) is 1. The third-order valence-corrected chi connectivity index (χ3v) is 6.18. The Morgan fingerprint density at radius 2 is 2.00 bits per heavy atom. The number of pyridine rings is 1. The summed E-state index contributed by atoms with van der Waals surface area (Å²) in [6, 6.07) is 2.79. The second-order valence-electron chi connectivity index (χ2n) is 8.24. The highest BCUT2D eigenvalue weighted by molar-refractivity contribution is 6.11. The molecule has 0 atom stereocenters. The van der Waals surface area contributed by atoms with Gasteiger partial charge in [-0.2, -0.15) is 4.98 Å². The number of carbonyl (C=O) groups excluding carboxylic acids is 1. The molecule has 1 amide bonds. The first-order chi connectivity index (χ1) is 14.6. The highest BCUT2D eigenvalue weighted by Crippen LogP contribution is 2.39. The number of nitrogens with zero attached hydrogens (tertiary/aromatic N) is 2. The van der Waals surface area contributed by atoms with E-state index in [-0.39, 0.29) is 28.2 Å². The molecule has 2 aromatic heterocycles. The van der Waals surface area contributed by atoms with Crippen molar-refractivity contribution in [2.24, 2.45) is 5.73 Å². The number of fused-ring (bicyclic) bond motifs is 1. The van der Waals surface area contributed by atoms with E-state index in [0.717, 1.165) is 24.5 Å². The highest BCUT2D eigenvalue weighted by Gasteiger charge is 2.42. The number of benzene rings is 1. The van der Waals surface area contributed by atoms with Crippen LogP contribution >= 0.6 is 0 Å². The number of aromatic hydroxyl groups is 1. The molecule has 4 rings (SSSR count). The van der Waals surface area contributed by atoms with Crippen LogP contribution in [0.15, 0.2) is 12.1 Å². The van der Waals surface area contributed by atoms with E-state index in [1.807, 2.05) is 14.0 Å². The average Bonchev–Trinajstić information content (AvgIpc) is 3.44. The zero-order chi connectivity index (χ0) is 22.7. The quantitative estimate of drug-likeness (QED) is 0.479. The van der Waals surface area contributed by atoms with Gasteiger partial charge < -0.3 is 26.6 Å². The third kappa shape index (κ3) is 3.25. The number of aromatic nitrogens is 2. The monoisotopic (exact) mass is 427 g/mol. The Morgan fingerprint density at radius 3 is 2.58 bits per heavy atom. The topological polar surface area (TPSA) is 128 Å². The van der Waals surface area contributed by atoms with Crippen LogP contribution in [-0.4, -0.2) is 39.8 Å². The molecule has 1 aliphatic carbocycles. The summed E-state index contributed by atoms with van der Waals surface area (Å²) < 4.78 is 21.9. The number of anilines is 1. The Labute approximate surface area is 179 Å². The van der Waals surface area contributed by atoms with Crippen molar-refractivity contribution in [3.63, 3.8) is 0 Å². The largest absolute Gasteiger partial charge is 0.507 e. The molecule has 1 aromatic carbocycles. The summed E-state index contributed by atoms with van der Waals surface area (Å²) in [5, 5.41) is 13.9. The van der Waals surface area contributed by atoms with E-state index in [1.165, 1.54) is 4.57 Å². The van der Waals surface area contributed by atoms with Gasteiger partial charge in [0.1, 0.15) is 24.0 Å². The van der Waals surface area contributed by atoms with Gasteiger partial charge in [0.05, 0.1) is 16.8 Å². The van der Waals surface area contributed by atoms with Crippen molar-refractivity contribution in [3.05, 3.63) is 40.2 Å². The van der Waals surface area contributed by atoms with Crippen molar-refractivity contribution < 1.29 is 19.0 Å². The van der Waals surface area contributed by atoms with Crippen molar-refractivity contribution in [1.82, 2.24) is 14.9 Å². The molecule has 1 aliphatic rings. The van der Waals surface area contributed by atoms with Crippen LogP contribution in [0.3, 0.4) is 0 Å². The molecule has 9 heteroatoms. The van der Waals surface area contributed by atoms with Crippen LogP contribution in [0.2, 0.25) is 0 Å². The first-order valence-corrected chi connectivity index (χ1v) is 10.0. The molecule has 31 heavy (non-hydrogen) atoms. The zero-order valence-electron chi connectivity index (χ0n) is 18.0. The Morgan fingerprint density at radius 1 is 1.32 bits per heavy atom. The first kappa shape index (κ1) is 20.9. The molecule has 164 valence electrons. The maximum atomic E-state index is 14.5. The van der Waals surface area contributed by atoms with E-state index in [0.29, 0.717) is 34.8 Å². The van der Waals surface area contributed by atoms with Crippen LogP contribution in [0.1, 0.15) is 39.9 Å². The maximum absolute atomic E-state index is 14.5. The lowest BCUT2D eigenvalue weighted by atomic mass is 10.1. The second-order valence-corrected chi connectivity index (χ2v) is 8.24. The number of nitrogen functional groups attached to an aromatic ring is 1. The number of nitrogens with one attached hydrogen (secondary N) is 1. The molecule has 1 fully saturated rings. The number of hydrogen-bond donors (Lipinski definition) is 4. The maximum Gasteiger partial charge on any atom is 0.253 e.